The monoisotopic (exact) mass is 430 g/mol. The van der Waals surface area contributed by atoms with Gasteiger partial charge in [0.05, 0.1) is 0 Å². The van der Waals surface area contributed by atoms with Gasteiger partial charge in [-0.05, 0) is 58.1 Å². The van der Waals surface area contributed by atoms with Crippen molar-refractivity contribution < 1.29 is 4.74 Å². The molecule has 5 aromatic carbocycles. The van der Waals surface area contributed by atoms with Crippen LogP contribution < -0.4 is 4.74 Å². The zero-order chi connectivity index (χ0) is 21.3. The highest BCUT2D eigenvalue weighted by molar-refractivity contribution is 7.99. The molecular formula is C30H22OS. The molecule has 0 unspecified atom stereocenters. The molecule has 0 bridgehead atoms. The van der Waals surface area contributed by atoms with Crippen LogP contribution in [0.1, 0.15) is 22.3 Å². The molecule has 1 nitrogen and oxygen atoms in total. The Kier molecular flexibility index (Phi) is 4.93. The maximum atomic E-state index is 5.99. The predicted octanol–water partition coefficient (Wildman–Crippen LogP) is 8.28. The maximum absolute atomic E-state index is 5.99. The minimum atomic E-state index is 0.951. The van der Waals surface area contributed by atoms with Crippen LogP contribution in [-0.4, -0.2) is 0 Å². The molecule has 0 fully saturated rings. The molecule has 0 saturated carbocycles. The second-order valence-corrected chi connectivity index (χ2v) is 9.23. The summed E-state index contributed by atoms with van der Waals surface area (Å²) >= 11 is 1.88. The van der Waals surface area contributed by atoms with Gasteiger partial charge >= 0.3 is 0 Å². The van der Waals surface area contributed by atoms with Crippen LogP contribution in [0.2, 0.25) is 0 Å². The summed E-state index contributed by atoms with van der Waals surface area (Å²) in [6, 6.07) is 38.3. The van der Waals surface area contributed by atoms with Crippen molar-refractivity contribution in [3.8, 4) is 11.5 Å². The van der Waals surface area contributed by atoms with Gasteiger partial charge in [0.2, 0.25) is 0 Å². The second kappa shape index (κ2) is 8.22. The number of hydrogen-bond acceptors (Lipinski definition) is 2. The fourth-order valence-corrected chi connectivity index (χ4v) is 5.55. The standard InChI is InChI=1S/C17H12O.C13H10S/c1-3-7-14-12(5-1)9-10-17-15(14)11-13-6-2-4-8-16(13)18-17;1-3-7-12-10(5-1)9-11-6-2-4-8-13(11)14-12/h1-10H,11H2;1-8H,9H2. The molecule has 0 N–H and O–H groups in total. The van der Waals surface area contributed by atoms with Crippen LogP contribution in [0.4, 0.5) is 0 Å². The van der Waals surface area contributed by atoms with E-state index in [1.165, 1.54) is 42.8 Å². The van der Waals surface area contributed by atoms with Crippen LogP contribution >= 0.6 is 11.8 Å². The Morgan fingerprint density at radius 2 is 1.12 bits per heavy atom. The Labute approximate surface area is 192 Å². The third-order valence-electron chi connectivity index (χ3n) is 6.10. The molecule has 2 heteroatoms. The largest absolute Gasteiger partial charge is 0.457 e. The van der Waals surface area contributed by atoms with Gasteiger partial charge in [0.15, 0.2) is 0 Å². The van der Waals surface area contributed by atoms with Gasteiger partial charge in [-0.3, -0.25) is 0 Å². The van der Waals surface area contributed by atoms with E-state index in [1.54, 1.807) is 0 Å². The van der Waals surface area contributed by atoms with Crippen molar-refractivity contribution in [3.63, 3.8) is 0 Å². The van der Waals surface area contributed by atoms with Crippen LogP contribution in [0.5, 0.6) is 11.5 Å². The SMILES string of the molecule is c1ccc2c(c1)Cc1c(ccc3ccccc13)O2.c1ccc2c(c1)Cc1ccccc1S2. The van der Waals surface area contributed by atoms with Gasteiger partial charge in [-0.25, -0.2) is 0 Å². The second-order valence-electron chi connectivity index (χ2n) is 8.14. The first-order chi connectivity index (χ1) is 15.8. The number of ether oxygens (including phenoxy) is 1. The van der Waals surface area contributed by atoms with Crippen LogP contribution in [0, 0.1) is 0 Å². The lowest BCUT2D eigenvalue weighted by atomic mass is 9.95. The quantitative estimate of drug-likeness (QED) is 0.239. The van der Waals surface area contributed by atoms with E-state index in [4.69, 9.17) is 4.74 Å². The number of para-hydroxylation sites is 1. The number of hydrogen-bond donors (Lipinski definition) is 0. The minimum Gasteiger partial charge on any atom is -0.457 e. The summed E-state index contributed by atoms with van der Waals surface area (Å²) in [6.45, 7) is 0. The van der Waals surface area contributed by atoms with Crippen molar-refractivity contribution in [1.29, 1.82) is 0 Å². The molecule has 0 saturated heterocycles. The van der Waals surface area contributed by atoms with E-state index in [-0.39, 0.29) is 0 Å². The third kappa shape index (κ3) is 3.57. The van der Waals surface area contributed by atoms with E-state index in [0.717, 1.165) is 24.3 Å². The van der Waals surface area contributed by atoms with E-state index >= 15 is 0 Å². The van der Waals surface area contributed by atoms with E-state index in [2.05, 4.69) is 97.1 Å². The lowest BCUT2D eigenvalue weighted by Gasteiger charge is -2.21. The molecule has 32 heavy (non-hydrogen) atoms. The Morgan fingerprint density at radius 3 is 1.91 bits per heavy atom. The fraction of sp³-hybridized carbons (Fsp3) is 0.0667. The number of rotatable bonds is 0. The van der Waals surface area contributed by atoms with Crippen molar-refractivity contribution in [2.24, 2.45) is 0 Å². The predicted molar refractivity (Wildman–Crippen MR) is 133 cm³/mol. The van der Waals surface area contributed by atoms with Gasteiger partial charge in [0.1, 0.15) is 11.5 Å². The third-order valence-corrected chi connectivity index (χ3v) is 7.34. The molecule has 7 rings (SSSR count). The van der Waals surface area contributed by atoms with Gasteiger partial charge in [-0.15, -0.1) is 0 Å². The Morgan fingerprint density at radius 1 is 0.500 bits per heavy atom. The molecule has 2 aliphatic heterocycles. The average Bonchev–Trinajstić information content (AvgIpc) is 2.86. The van der Waals surface area contributed by atoms with Crippen LogP contribution in [-0.2, 0) is 12.8 Å². The molecule has 154 valence electrons. The van der Waals surface area contributed by atoms with Gasteiger partial charge in [0, 0.05) is 21.8 Å². The van der Waals surface area contributed by atoms with Crippen molar-refractivity contribution in [2.45, 2.75) is 22.6 Å². The first kappa shape index (κ1) is 19.2. The van der Waals surface area contributed by atoms with E-state index < -0.39 is 0 Å². The summed E-state index contributed by atoms with van der Waals surface area (Å²) < 4.78 is 5.99. The van der Waals surface area contributed by atoms with Gasteiger partial charge in [-0.2, -0.15) is 0 Å². The molecule has 5 aromatic rings. The van der Waals surface area contributed by atoms with Gasteiger partial charge in [0.25, 0.3) is 0 Å². The fourth-order valence-electron chi connectivity index (χ4n) is 4.47. The first-order valence-corrected chi connectivity index (χ1v) is 11.8. The summed E-state index contributed by atoms with van der Waals surface area (Å²) in [7, 11) is 0. The summed E-state index contributed by atoms with van der Waals surface area (Å²) in [5, 5.41) is 2.57. The molecule has 0 aliphatic carbocycles. The van der Waals surface area contributed by atoms with E-state index in [0.29, 0.717) is 0 Å². The number of benzene rings is 5. The molecular weight excluding hydrogens is 408 g/mol. The highest BCUT2D eigenvalue weighted by Crippen LogP contribution is 2.40. The number of fused-ring (bicyclic) bond motifs is 6. The topological polar surface area (TPSA) is 9.23 Å². The highest BCUT2D eigenvalue weighted by Gasteiger charge is 2.18. The minimum absolute atomic E-state index is 0.951. The van der Waals surface area contributed by atoms with Crippen LogP contribution in [0.15, 0.2) is 119 Å². The van der Waals surface area contributed by atoms with Crippen molar-refractivity contribution >= 4 is 22.5 Å². The lowest BCUT2D eigenvalue weighted by Crippen LogP contribution is -2.03. The van der Waals surface area contributed by atoms with Crippen molar-refractivity contribution in [3.05, 3.63) is 131 Å². The molecule has 0 spiro atoms. The molecule has 0 amide bonds. The van der Waals surface area contributed by atoms with Crippen molar-refractivity contribution in [2.75, 3.05) is 0 Å². The van der Waals surface area contributed by atoms with Crippen LogP contribution in [0.25, 0.3) is 10.8 Å². The van der Waals surface area contributed by atoms with Gasteiger partial charge < -0.3 is 4.74 Å². The summed E-state index contributed by atoms with van der Waals surface area (Å²) in [6.07, 6.45) is 2.03. The molecule has 0 radical (unpaired) electrons. The summed E-state index contributed by atoms with van der Waals surface area (Å²) in [4.78, 5) is 2.82. The Hall–Kier alpha value is -3.49. The average molecular weight is 431 g/mol. The molecule has 2 heterocycles. The summed E-state index contributed by atoms with van der Waals surface area (Å²) in [5.74, 6) is 1.98. The molecule has 0 aromatic heterocycles. The summed E-state index contributed by atoms with van der Waals surface area (Å²) in [5.41, 5.74) is 5.47. The van der Waals surface area contributed by atoms with E-state index in [9.17, 15) is 0 Å². The molecule has 2 aliphatic rings. The Balaban J connectivity index is 0.000000126. The zero-order valence-electron chi connectivity index (χ0n) is 17.6. The van der Waals surface area contributed by atoms with E-state index in [1.807, 2.05) is 23.9 Å². The van der Waals surface area contributed by atoms with Gasteiger partial charge in [-0.1, -0.05) is 96.7 Å². The maximum Gasteiger partial charge on any atom is 0.131 e. The van der Waals surface area contributed by atoms with Crippen molar-refractivity contribution in [1.82, 2.24) is 0 Å². The first-order valence-electron chi connectivity index (χ1n) is 11.0. The Bertz CT molecular complexity index is 1350. The lowest BCUT2D eigenvalue weighted by molar-refractivity contribution is 0.461. The van der Waals surface area contributed by atoms with Crippen LogP contribution in [0.3, 0.4) is 0 Å². The smallest absolute Gasteiger partial charge is 0.131 e. The normalized spacial score (nSPS) is 12.9. The molecule has 0 atom stereocenters. The highest BCUT2D eigenvalue weighted by atomic mass is 32.2. The zero-order valence-corrected chi connectivity index (χ0v) is 18.4.